The summed E-state index contributed by atoms with van der Waals surface area (Å²) < 4.78 is 28.5. The minimum atomic E-state index is -3.59. The number of rotatable bonds is 7. The van der Waals surface area contributed by atoms with Gasteiger partial charge in [-0.05, 0) is 30.5 Å². The zero-order valence-electron chi connectivity index (χ0n) is 12.0. The van der Waals surface area contributed by atoms with Gasteiger partial charge in [0, 0.05) is 23.2 Å². The SMILES string of the molecule is O=S(=O)(NCCCCO)c1ccccc1-c1ccccc1Br. The lowest BCUT2D eigenvalue weighted by Gasteiger charge is -2.12. The van der Waals surface area contributed by atoms with E-state index in [2.05, 4.69) is 20.7 Å². The zero-order chi connectivity index (χ0) is 16.0. The fourth-order valence-corrected chi connectivity index (χ4v) is 3.92. The van der Waals surface area contributed by atoms with Crippen LogP contribution in [-0.2, 0) is 10.0 Å². The van der Waals surface area contributed by atoms with E-state index in [-0.39, 0.29) is 11.5 Å². The second-order valence-corrected chi connectivity index (χ2v) is 7.39. The third kappa shape index (κ3) is 4.16. The smallest absolute Gasteiger partial charge is 0.241 e. The molecule has 2 aromatic rings. The third-order valence-corrected chi connectivity index (χ3v) is 5.43. The highest BCUT2D eigenvalue weighted by Crippen LogP contribution is 2.32. The van der Waals surface area contributed by atoms with Crippen LogP contribution in [0.5, 0.6) is 0 Å². The molecule has 0 aliphatic rings. The van der Waals surface area contributed by atoms with Crippen LogP contribution < -0.4 is 4.72 Å². The van der Waals surface area contributed by atoms with Crippen LogP contribution in [0.2, 0.25) is 0 Å². The molecule has 0 radical (unpaired) electrons. The van der Waals surface area contributed by atoms with E-state index < -0.39 is 10.0 Å². The molecule has 0 fully saturated rings. The second kappa shape index (κ2) is 7.87. The summed E-state index contributed by atoms with van der Waals surface area (Å²) in [4.78, 5) is 0.255. The fourth-order valence-electron chi connectivity index (χ4n) is 2.12. The molecule has 0 aromatic heterocycles. The van der Waals surface area contributed by atoms with Gasteiger partial charge >= 0.3 is 0 Å². The molecule has 0 amide bonds. The Morgan fingerprint density at radius 1 is 0.955 bits per heavy atom. The van der Waals surface area contributed by atoms with Gasteiger partial charge in [-0.25, -0.2) is 13.1 Å². The molecular formula is C16H18BrNO3S. The quantitative estimate of drug-likeness (QED) is 0.721. The van der Waals surface area contributed by atoms with Crippen LogP contribution >= 0.6 is 15.9 Å². The van der Waals surface area contributed by atoms with Gasteiger partial charge < -0.3 is 5.11 Å². The first-order valence-electron chi connectivity index (χ1n) is 7.01. The Bertz CT molecular complexity index is 732. The Labute approximate surface area is 139 Å². The van der Waals surface area contributed by atoms with Crippen molar-refractivity contribution in [3.05, 3.63) is 53.0 Å². The average molecular weight is 384 g/mol. The van der Waals surface area contributed by atoms with E-state index in [0.717, 1.165) is 10.0 Å². The number of unbranched alkanes of at least 4 members (excludes halogenated alkanes) is 1. The van der Waals surface area contributed by atoms with Crippen molar-refractivity contribution >= 4 is 26.0 Å². The summed E-state index contributed by atoms with van der Waals surface area (Å²) >= 11 is 3.46. The Morgan fingerprint density at radius 3 is 2.27 bits per heavy atom. The van der Waals surface area contributed by atoms with E-state index in [0.29, 0.717) is 24.9 Å². The van der Waals surface area contributed by atoms with Crippen LogP contribution in [-0.4, -0.2) is 26.7 Å². The number of hydrogen-bond donors (Lipinski definition) is 2. The van der Waals surface area contributed by atoms with Gasteiger partial charge in [-0.2, -0.15) is 0 Å². The number of benzene rings is 2. The van der Waals surface area contributed by atoms with Crippen molar-refractivity contribution in [3.8, 4) is 11.1 Å². The van der Waals surface area contributed by atoms with E-state index >= 15 is 0 Å². The van der Waals surface area contributed by atoms with Crippen molar-refractivity contribution in [1.82, 2.24) is 4.72 Å². The van der Waals surface area contributed by atoms with Crippen LogP contribution in [0.3, 0.4) is 0 Å². The summed E-state index contributed by atoms with van der Waals surface area (Å²) in [6.07, 6.45) is 1.18. The normalized spacial score (nSPS) is 11.5. The van der Waals surface area contributed by atoms with Gasteiger partial charge in [0.25, 0.3) is 0 Å². The Morgan fingerprint density at radius 2 is 1.59 bits per heavy atom. The molecule has 118 valence electrons. The lowest BCUT2D eigenvalue weighted by atomic mass is 10.1. The van der Waals surface area contributed by atoms with Crippen molar-refractivity contribution in [3.63, 3.8) is 0 Å². The number of hydrogen-bond acceptors (Lipinski definition) is 3. The average Bonchev–Trinajstić information content (AvgIpc) is 2.52. The van der Waals surface area contributed by atoms with E-state index in [1.54, 1.807) is 18.2 Å². The first-order chi connectivity index (χ1) is 10.6. The number of nitrogens with one attached hydrogen (secondary N) is 1. The van der Waals surface area contributed by atoms with Crippen LogP contribution in [0, 0.1) is 0 Å². The first kappa shape index (κ1) is 17.1. The molecule has 0 aliphatic heterocycles. The zero-order valence-corrected chi connectivity index (χ0v) is 14.4. The monoisotopic (exact) mass is 383 g/mol. The molecule has 4 nitrogen and oxygen atoms in total. The van der Waals surface area contributed by atoms with Gasteiger partial charge in [0.05, 0.1) is 4.90 Å². The molecule has 0 saturated heterocycles. The molecule has 0 atom stereocenters. The predicted octanol–water partition coefficient (Wildman–Crippen LogP) is 3.17. The lowest BCUT2D eigenvalue weighted by molar-refractivity contribution is 0.285. The largest absolute Gasteiger partial charge is 0.396 e. The predicted molar refractivity (Wildman–Crippen MR) is 91.1 cm³/mol. The summed E-state index contributed by atoms with van der Waals surface area (Å²) in [6.45, 7) is 0.377. The minimum absolute atomic E-state index is 0.0648. The van der Waals surface area contributed by atoms with Gasteiger partial charge in [-0.15, -0.1) is 0 Å². The third-order valence-electron chi connectivity index (χ3n) is 3.22. The Kier molecular flexibility index (Phi) is 6.14. The molecule has 2 N–H and O–H groups in total. The summed E-state index contributed by atoms with van der Waals surface area (Å²) in [5, 5.41) is 8.75. The molecule has 0 spiro atoms. The van der Waals surface area contributed by atoms with Crippen molar-refractivity contribution in [2.24, 2.45) is 0 Å². The van der Waals surface area contributed by atoms with Gasteiger partial charge in [0.1, 0.15) is 0 Å². The molecule has 22 heavy (non-hydrogen) atoms. The summed E-state index contributed by atoms with van der Waals surface area (Å²) in [7, 11) is -3.59. The highest BCUT2D eigenvalue weighted by atomic mass is 79.9. The number of aliphatic hydroxyl groups excluding tert-OH is 1. The minimum Gasteiger partial charge on any atom is -0.396 e. The highest BCUT2D eigenvalue weighted by Gasteiger charge is 2.19. The van der Waals surface area contributed by atoms with Crippen LogP contribution in [0.4, 0.5) is 0 Å². The molecule has 0 heterocycles. The van der Waals surface area contributed by atoms with Crippen LogP contribution in [0.1, 0.15) is 12.8 Å². The molecule has 0 unspecified atom stereocenters. The summed E-state index contributed by atoms with van der Waals surface area (Å²) in [5.74, 6) is 0. The first-order valence-corrected chi connectivity index (χ1v) is 9.28. The van der Waals surface area contributed by atoms with Crippen molar-refractivity contribution in [2.45, 2.75) is 17.7 Å². The number of sulfonamides is 1. The number of halogens is 1. The van der Waals surface area contributed by atoms with E-state index in [4.69, 9.17) is 5.11 Å². The molecule has 0 aliphatic carbocycles. The van der Waals surface area contributed by atoms with E-state index in [9.17, 15) is 8.42 Å². The number of aliphatic hydroxyl groups is 1. The molecule has 2 rings (SSSR count). The van der Waals surface area contributed by atoms with Gasteiger partial charge in [-0.1, -0.05) is 52.3 Å². The maximum Gasteiger partial charge on any atom is 0.241 e. The van der Waals surface area contributed by atoms with Crippen LogP contribution in [0.15, 0.2) is 57.9 Å². The maximum atomic E-state index is 12.5. The fraction of sp³-hybridized carbons (Fsp3) is 0.250. The standard InChI is InChI=1S/C16H18BrNO3S/c17-15-9-3-1-7-13(15)14-8-2-4-10-16(14)22(20,21)18-11-5-6-12-19/h1-4,7-10,18-19H,5-6,11-12H2. The Balaban J connectivity index is 2.34. The topological polar surface area (TPSA) is 66.4 Å². The molecule has 2 aromatic carbocycles. The van der Waals surface area contributed by atoms with Gasteiger partial charge in [-0.3, -0.25) is 0 Å². The van der Waals surface area contributed by atoms with E-state index in [1.165, 1.54) is 0 Å². The van der Waals surface area contributed by atoms with Crippen molar-refractivity contribution in [1.29, 1.82) is 0 Å². The summed E-state index contributed by atoms with van der Waals surface area (Å²) in [5.41, 5.74) is 1.49. The molecule has 0 saturated carbocycles. The van der Waals surface area contributed by atoms with E-state index in [1.807, 2.05) is 30.3 Å². The molecule has 0 bridgehead atoms. The van der Waals surface area contributed by atoms with Crippen LogP contribution in [0.25, 0.3) is 11.1 Å². The van der Waals surface area contributed by atoms with Gasteiger partial charge in [0.15, 0.2) is 0 Å². The van der Waals surface area contributed by atoms with Gasteiger partial charge in [0.2, 0.25) is 10.0 Å². The second-order valence-electron chi connectivity index (χ2n) is 4.80. The highest BCUT2D eigenvalue weighted by molar-refractivity contribution is 9.10. The Hall–Kier alpha value is -1.21. The molecular weight excluding hydrogens is 366 g/mol. The summed E-state index contributed by atoms with van der Waals surface area (Å²) in [6, 6.07) is 14.4. The van der Waals surface area contributed by atoms with Crippen molar-refractivity contribution in [2.75, 3.05) is 13.2 Å². The maximum absolute atomic E-state index is 12.5. The lowest BCUT2D eigenvalue weighted by Crippen LogP contribution is -2.25. The molecule has 6 heteroatoms. The van der Waals surface area contributed by atoms with Crippen molar-refractivity contribution < 1.29 is 13.5 Å².